The Morgan fingerprint density at radius 1 is 1.03 bits per heavy atom. The number of hydrogen-bond donors (Lipinski definition) is 1. The summed E-state index contributed by atoms with van der Waals surface area (Å²) >= 11 is 0. The van der Waals surface area contributed by atoms with E-state index in [1.165, 1.54) is 0 Å². The van der Waals surface area contributed by atoms with E-state index in [2.05, 4.69) is 42.9 Å². The van der Waals surface area contributed by atoms with Crippen LogP contribution in [0, 0.1) is 0 Å². The van der Waals surface area contributed by atoms with Crippen LogP contribution in [0.4, 0.5) is 11.4 Å². The molecule has 2 aromatic rings. The largest absolute Gasteiger partial charge is 0.495 e. The minimum absolute atomic E-state index is 0.0334. The molecule has 0 aliphatic carbocycles. The lowest BCUT2D eigenvalue weighted by molar-refractivity contribution is 0.0664. The van der Waals surface area contributed by atoms with E-state index in [4.69, 9.17) is 4.74 Å². The summed E-state index contributed by atoms with van der Waals surface area (Å²) in [5, 5.41) is 2.91. The number of rotatable bonds is 7. The monoisotopic (exact) mass is 438 g/mol. The third-order valence-corrected chi connectivity index (χ3v) is 5.91. The summed E-state index contributed by atoms with van der Waals surface area (Å²) in [6.45, 7) is 10.4. The van der Waals surface area contributed by atoms with Crippen molar-refractivity contribution in [3.63, 3.8) is 0 Å². The zero-order chi connectivity index (χ0) is 23.3. The van der Waals surface area contributed by atoms with Gasteiger partial charge in [0.15, 0.2) is 0 Å². The summed E-state index contributed by atoms with van der Waals surface area (Å²) in [4.78, 5) is 32.2. The fraction of sp³-hybridized carbons (Fsp3) is 0.440. The van der Waals surface area contributed by atoms with Gasteiger partial charge < -0.3 is 24.8 Å². The topological polar surface area (TPSA) is 65.1 Å². The van der Waals surface area contributed by atoms with E-state index in [0.29, 0.717) is 41.7 Å². The second kappa shape index (κ2) is 10.5. The van der Waals surface area contributed by atoms with E-state index in [9.17, 15) is 9.59 Å². The number of nitrogens with one attached hydrogen (secondary N) is 1. The molecule has 7 heteroatoms. The Kier molecular flexibility index (Phi) is 7.75. The second-order valence-corrected chi connectivity index (χ2v) is 8.39. The normalized spacial score (nSPS) is 14.4. The van der Waals surface area contributed by atoms with Gasteiger partial charge in [-0.15, -0.1) is 0 Å². The van der Waals surface area contributed by atoms with E-state index >= 15 is 0 Å². The molecule has 1 saturated heterocycles. The first-order valence-electron chi connectivity index (χ1n) is 11.2. The molecule has 0 spiro atoms. The quantitative estimate of drug-likeness (QED) is 0.716. The predicted molar refractivity (Wildman–Crippen MR) is 129 cm³/mol. The number of likely N-dealkylation sites (N-methyl/N-ethyl adjacent to an activating group) is 1. The fourth-order valence-corrected chi connectivity index (χ4v) is 3.98. The van der Waals surface area contributed by atoms with E-state index in [1.807, 2.05) is 29.2 Å². The number of anilines is 2. The van der Waals surface area contributed by atoms with E-state index in [1.54, 1.807) is 25.3 Å². The lowest BCUT2D eigenvalue weighted by atomic mass is 10.1. The van der Waals surface area contributed by atoms with Crippen molar-refractivity contribution < 1.29 is 14.3 Å². The molecule has 0 radical (unpaired) electrons. The maximum Gasteiger partial charge on any atom is 0.255 e. The Morgan fingerprint density at radius 3 is 2.22 bits per heavy atom. The van der Waals surface area contributed by atoms with Crippen molar-refractivity contribution in [2.24, 2.45) is 0 Å². The Morgan fingerprint density at radius 2 is 1.66 bits per heavy atom. The lowest BCUT2D eigenvalue weighted by Gasteiger charge is -2.32. The summed E-state index contributed by atoms with van der Waals surface area (Å²) in [6.07, 6.45) is 0. The van der Waals surface area contributed by atoms with Gasteiger partial charge in [-0.25, -0.2) is 0 Å². The molecule has 1 aliphatic heterocycles. The molecule has 0 saturated carbocycles. The van der Waals surface area contributed by atoms with Gasteiger partial charge in [-0.2, -0.15) is 0 Å². The molecule has 2 amide bonds. The van der Waals surface area contributed by atoms with Crippen molar-refractivity contribution in [2.45, 2.75) is 26.8 Å². The number of ether oxygens (including phenoxy) is 1. The van der Waals surface area contributed by atoms with Crippen molar-refractivity contribution in [1.29, 1.82) is 0 Å². The van der Waals surface area contributed by atoms with Crippen molar-refractivity contribution in [1.82, 2.24) is 9.80 Å². The number of piperazine rings is 1. The van der Waals surface area contributed by atoms with Crippen molar-refractivity contribution in [2.75, 3.05) is 57.1 Å². The van der Waals surface area contributed by atoms with Crippen LogP contribution >= 0.6 is 0 Å². The van der Waals surface area contributed by atoms with Crippen LogP contribution < -0.4 is 15.0 Å². The standard InChI is InChI=1S/C25H34N4O3/c1-6-29(18(2)3)21-10-7-19(8-11-21)24(30)26-22-17-20(9-12-23(22)32-5)25(31)28-15-13-27(4)14-16-28/h7-12,17-18H,6,13-16H2,1-5H3,(H,26,30). The summed E-state index contributed by atoms with van der Waals surface area (Å²) < 4.78 is 5.41. The molecular formula is C25H34N4O3. The van der Waals surface area contributed by atoms with Crippen LogP contribution in [0.1, 0.15) is 41.5 Å². The maximum atomic E-state index is 12.9. The third kappa shape index (κ3) is 5.40. The molecular weight excluding hydrogens is 404 g/mol. The summed E-state index contributed by atoms with van der Waals surface area (Å²) in [6, 6.07) is 13.1. The van der Waals surface area contributed by atoms with Crippen LogP contribution in [0.5, 0.6) is 5.75 Å². The minimum atomic E-state index is -0.244. The molecule has 7 nitrogen and oxygen atoms in total. The molecule has 0 atom stereocenters. The molecule has 1 fully saturated rings. The summed E-state index contributed by atoms with van der Waals surface area (Å²) in [5.74, 6) is 0.238. The molecule has 0 unspecified atom stereocenters. The van der Waals surface area contributed by atoms with Gasteiger partial charge in [0.2, 0.25) is 0 Å². The zero-order valence-corrected chi connectivity index (χ0v) is 19.7. The first kappa shape index (κ1) is 23.6. The number of amides is 2. The zero-order valence-electron chi connectivity index (χ0n) is 19.7. The highest BCUT2D eigenvalue weighted by atomic mass is 16.5. The van der Waals surface area contributed by atoms with Crippen LogP contribution in [0.3, 0.4) is 0 Å². The average Bonchev–Trinajstić information content (AvgIpc) is 2.79. The molecule has 1 heterocycles. The lowest BCUT2D eigenvalue weighted by Crippen LogP contribution is -2.47. The highest BCUT2D eigenvalue weighted by Gasteiger charge is 2.22. The summed E-state index contributed by atoms with van der Waals surface area (Å²) in [5.41, 5.74) is 2.65. The number of methoxy groups -OCH3 is 1. The molecule has 3 rings (SSSR count). The van der Waals surface area contributed by atoms with Gasteiger partial charge in [0.1, 0.15) is 5.75 Å². The molecule has 0 bridgehead atoms. The van der Waals surface area contributed by atoms with Gasteiger partial charge in [0, 0.05) is 55.6 Å². The average molecular weight is 439 g/mol. The summed E-state index contributed by atoms with van der Waals surface area (Å²) in [7, 11) is 3.60. The van der Waals surface area contributed by atoms with Crippen molar-refractivity contribution >= 4 is 23.2 Å². The number of hydrogen-bond acceptors (Lipinski definition) is 5. The molecule has 1 aliphatic rings. The van der Waals surface area contributed by atoms with E-state index < -0.39 is 0 Å². The molecule has 32 heavy (non-hydrogen) atoms. The van der Waals surface area contributed by atoms with Gasteiger partial charge >= 0.3 is 0 Å². The van der Waals surface area contributed by atoms with Gasteiger partial charge in [-0.05, 0) is 70.3 Å². The van der Waals surface area contributed by atoms with E-state index in [-0.39, 0.29) is 11.8 Å². The highest BCUT2D eigenvalue weighted by molar-refractivity contribution is 6.06. The number of carbonyl (C=O) groups is 2. The van der Waals surface area contributed by atoms with Gasteiger partial charge in [-0.3, -0.25) is 9.59 Å². The van der Waals surface area contributed by atoms with E-state index in [0.717, 1.165) is 25.3 Å². The Labute approximate surface area is 190 Å². The SMILES string of the molecule is CCN(c1ccc(C(=O)Nc2cc(C(=O)N3CCN(C)CC3)ccc2OC)cc1)C(C)C. The Bertz CT molecular complexity index is 935. The minimum Gasteiger partial charge on any atom is -0.495 e. The second-order valence-electron chi connectivity index (χ2n) is 8.39. The number of benzene rings is 2. The van der Waals surface area contributed by atoms with Crippen molar-refractivity contribution in [3.05, 3.63) is 53.6 Å². The van der Waals surface area contributed by atoms with Crippen molar-refractivity contribution in [3.8, 4) is 5.75 Å². The predicted octanol–water partition coefficient (Wildman–Crippen LogP) is 3.57. The maximum absolute atomic E-state index is 12.9. The highest BCUT2D eigenvalue weighted by Crippen LogP contribution is 2.27. The molecule has 2 aromatic carbocycles. The number of carbonyl (C=O) groups excluding carboxylic acids is 2. The number of nitrogens with zero attached hydrogens (tertiary/aromatic N) is 3. The smallest absolute Gasteiger partial charge is 0.255 e. The van der Waals surface area contributed by atoms with Crippen LogP contribution in [0.2, 0.25) is 0 Å². The Hall–Kier alpha value is -3.06. The first-order valence-corrected chi connectivity index (χ1v) is 11.2. The van der Waals surface area contributed by atoms with Gasteiger partial charge in [0.05, 0.1) is 12.8 Å². The molecule has 172 valence electrons. The van der Waals surface area contributed by atoms with Crippen LogP contribution in [-0.2, 0) is 0 Å². The van der Waals surface area contributed by atoms with Gasteiger partial charge in [-0.1, -0.05) is 0 Å². The van der Waals surface area contributed by atoms with Crippen LogP contribution in [0.15, 0.2) is 42.5 Å². The molecule has 0 aromatic heterocycles. The molecule has 1 N–H and O–H groups in total. The van der Waals surface area contributed by atoms with Crippen LogP contribution in [0.25, 0.3) is 0 Å². The Balaban J connectivity index is 1.76. The third-order valence-electron chi connectivity index (χ3n) is 5.91. The first-order chi connectivity index (χ1) is 15.3. The van der Waals surface area contributed by atoms with Gasteiger partial charge in [0.25, 0.3) is 11.8 Å². The van der Waals surface area contributed by atoms with Crippen LogP contribution in [-0.4, -0.2) is 74.5 Å². The fourth-order valence-electron chi connectivity index (χ4n) is 3.98.